The number of carbonyl (C=O) groups is 2. The van der Waals surface area contributed by atoms with E-state index in [0.717, 1.165) is 12.1 Å². The Kier molecular flexibility index (Phi) is 3.76. The van der Waals surface area contributed by atoms with E-state index in [-0.39, 0.29) is 23.4 Å². The fraction of sp³-hybridized carbons (Fsp3) is 0.200. The molecule has 0 bridgehead atoms. The standard InChI is InChI=1S/C10H9NO6/c1-6(12)17-5-7-2-3-8(11(15)16)4-9(7)10(13)14/h2-4H,5H2,1H3,(H,13,14). The van der Waals surface area contributed by atoms with Gasteiger partial charge in [0.1, 0.15) is 6.61 Å². The number of hydrogen-bond donors (Lipinski definition) is 1. The highest BCUT2D eigenvalue weighted by atomic mass is 16.6. The first kappa shape index (κ1) is 12.6. The van der Waals surface area contributed by atoms with Crippen molar-refractivity contribution in [3.8, 4) is 0 Å². The lowest BCUT2D eigenvalue weighted by molar-refractivity contribution is -0.384. The lowest BCUT2D eigenvalue weighted by atomic mass is 10.1. The third-order valence-corrected chi connectivity index (χ3v) is 1.97. The van der Waals surface area contributed by atoms with Gasteiger partial charge in [0, 0.05) is 24.6 Å². The Morgan fingerprint density at radius 1 is 1.47 bits per heavy atom. The van der Waals surface area contributed by atoms with Crippen molar-refractivity contribution < 1.29 is 24.4 Å². The largest absolute Gasteiger partial charge is 0.478 e. The minimum absolute atomic E-state index is 0.207. The number of carbonyl (C=O) groups excluding carboxylic acids is 1. The number of nitro benzene ring substituents is 1. The number of hydrogen-bond acceptors (Lipinski definition) is 5. The zero-order chi connectivity index (χ0) is 13.0. The van der Waals surface area contributed by atoms with Crippen LogP contribution in [0.25, 0.3) is 0 Å². The Labute approximate surface area is 95.8 Å². The van der Waals surface area contributed by atoms with Crippen molar-refractivity contribution in [1.82, 2.24) is 0 Å². The molecule has 7 nitrogen and oxygen atoms in total. The first-order valence-corrected chi connectivity index (χ1v) is 4.55. The average Bonchev–Trinajstić information content (AvgIpc) is 2.25. The van der Waals surface area contributed by atoms with Crippen molar-refractivity contribution in [2.75, 3.05) is 0 Å². The zero-order valence-corrected chi connectivity index (χ0v) is 8.87. The highest BCUT2D eigenvalue weighted by Crippen LogP contribution is 2.18. The van der Waals surface area contributed by atoms with Crippen molar-refractivity contribution in [1.29, 1.82) is 0 Å². The molecule has 0 saturated carbocycles. The van der Waals surface area contributed by atoms with Crippen LogP contribution in [0.2, 0.25) is 0 Å². The number of nitro groups is 1. The predicted molar refractivity (Wildman–Crippen MR) is 55.5 cm³/mol. The summed E-state index contributed by atoms with van der Waals surface area (Å²) in [5, 5.41) is 19.4. The first-order valence-electron chi connectivity index (χ1n) is 4.55. The zero-order valence-electron chi connectivity index (χ0n) is 8.87. The molecule has 0 heterocycles. The van der Waals surface area contributed by atoms with Gasteiger partial charge in [0.05, 0.1) is 10.5 Å². The lowest BCUT2D eigenvalue weighted by Gasteiger charge is -2.05. The van der Waals surface area contributed by atoms with Gasteiger partial charge in [0.15, 0.2) is 0 Å². The Morgan fingerprint density at radius 3 is 2.59 bits per heavy atom. The summed E-state index contributed by atoms with van der Waals surface area (Å²) in [6, 6.07) is 3.34. The lowest BCUT2D eigenvalue weighted by Crippen LogP contribution is -2.07. The molecule has 0 aliphatic rings. The molecule has 90 valence electrons. The maximum atomic E-state index is 10.9. The van der Waals surface area contributed by atoms with Crippen molar-refractivity contribution >= 4 is 17.6 Å². The van der Waals surface area contributed by atoms with Crippen LogP contribution >= 0.6 is 0 Å². The number of nitrogens with zero attached hydrogens (tertiary/aromatic N) is 1. The molecular weight excluding hydrogens is 230 g/mol. The predicted octanol–water partition coefficient (Wildman–Crippen LogP) is 1.36. The second-order valence-corrected chi connectivity index (χ2v) is 3.18. The Bertz CT molecular complexity index is 482. The monoisotopic (exact) mass is 239 g/mol. The summed E-state index contributed by atoms with van der Waals surface area (Å²) in [7, 11) is 0. The van der Waals surface area contributed by atoms with Gasteiger partial charge < -0.3 is 9.84 Å². The number of rotatable bonds is 4. The smallest absolute Gasteiger partial charge is 0.336 e. The van der Waals surface area contributed by atoms with Crippen molar-refractivity contribution in [2.24, 2.45) is 0 Å². The van der Waals surface area contributed by atoms with Gasteiger partial charge in [-0.1, -0.05) is 0 Å². The van der Waals surface area contributed by atoms with Gasteiger partial charge in [0.25, 0.3) is 5.69 Å². The second-order valence-electron chi connectivity index (χ2n) is 3.18. The third kappa shape index (κ3) is 3.26. The minimum atomic E-state index is -1.31. The molecule has 0 atom stereocenters. The van der Waals surface area contributed by atoms with E-state index in [2.05, 4.69) is 4.74 Å². The number of aromatic carboxylic acids is 1. The van der Waals surface area contributed by atoms with Crippen LogP contribution in [0.1, 0.15) is 22.8 Å². The maximum absolute atomic E-state index is 10.9. The topological polar surface area (TPSA) is 107 Å². The van der Waals surface area contributed by atoms with Crippen LogP contribution < -0.4 is 0 Å². The molecule has 0 saturated heterocycles. The fourth-order valence-electron chi connectivity index (χ4n) is 1.18. The van der Waals surface area contributed by atoms with Gasteiger partial charge in [-0.05, 0) is 6.07 Å². The van der Waals surface area contributed by atoms with Gasteiger partial charge in [-0.3, -0.25) is 14.9 Å². The van der Waals surface area contributed by atoms with Crippen LogP contribution in [0.15, 0.2) is 18.2 Å². The van der Waals surface area contributed by atoms with Crippen molar-refractivity contribution in [3.05, 3.63) is 39.4 Å². The summed E-state index contributed by atoms with van der Waals surface area (Å²) in [6.45, 7) is 0.959. The van der Waals surface area contributed by atoms with Crippen LogP contribution in [0.4, 0.5) is 5.69 Å². The molecule has 1 rings (SSSR count). The molecule has 0 spiro atoms. The Hall–Kier alpha value is -2.44. The molecule has 0 aliphatic heterocycles. The van der Waals surface area contributed by atoms with Crippen LogP contribution in [0.3, 0.4) is 0 Å². The molecular formula is C10H9NO6. The summed E-state index contributed by atoms with van der Waals surface area (Å²) < 4.78 is 4.65. The molecule has 0 unspecified atom stereocenters. The van der Waals surface area contributed by atoms with Crippen molar-refractivity contribution in [3.63, 3.8) is 0 Å². The van der Waals surface area contributed by atoms with Crippen LogP contribution in [0, 0.1) is 10.1 Å². The summed E-state index contributed by atoms with van der Waals surface area (Å²) in [5.74, 6) is -1.87. The van der Waals surface area contributed by atoms with E-state index in [1.54, 1.807) is 0 Å². The fourth-order valence-corrected chi connectivity index (χ4v) is 1.18. The SMILES string of the molecule is CC(=O)OCc1ccc([N+](=O)[O-])cc1C(=O)O. The van der Waals surface area contributed by atoms with Gasteiger partial charge in [0.2, 0.25) is 0 Å². The highest BCUT2D eigenvalue weighted by molar-refractivity contribution is 5.90. The number of benzene rings is 1. The van der Waals surface area contributed by atoms with Crippen LogP contribution in [-0.2, 0) is 16.1 Å². The molecule has 0 aromatic heterocycles. The average molecular weight is 239 g/mol. The number of ether oxygens (including phenoxy) is 1. The van der Waals surface area contributed by atoms with E-state index in [1.807, 2.05) is 0 Å². The molecule has 1 aromatic carbocycles. The molecule has 0 fully saturated rings. The molecule has 17 heavy (non-hydrogen) atoms. The summed E-state index contributed by atoms with van der Waals surface area (Å²) >= 11 is 0. The van der Waals surface area contributed by atoms with E-state index in [9.17, 15) is 19.7 Å². The Morgan fingerprint density at radius 2 is 2.12 bits per heavy atom. The third-order valence-electron chi connectivity index (χ3n) is 1.97. The maximum Gasteiger partial charge on any atom is 0.336 e. The minimum Gasteiger partial charge on any atom is -0.478 e. The summed E-state index contributed by atoms with van der Waals surface area (Å²) in [4.78, 5) is 31.3. The van der Waals surface area contributed by atoms with E-state index < -0.39 is 16.9 Å². The normalized spacial score (nSPS) is 9.71. The number of non-ortho nitro benzene ring substituents is 1. The van der Waals surface area contributed by atoms with Crippen LogP contribution in [-0.4, -0.2) is 22.0 Å². The van der Waals surface area contributed by atoms with Gasteiger partial charge in [-0.2, -0.15) is 0 Å². The highest BCUT2D eigenvalue weighted by Gasteiger charge is 2.16. The first-order chi connectivity index (χ1) is 7.91. The van der Waals surface area contributed by atoms with Gasteiger partial charge in [-0.15, -0.1) is 0 Å². The van der Waals surface area contributed by atoms with E-state index in [4.69, 9.17) is 5.11 Å². The van der Waals surface area contributed by atoms with E-state index in [0.29, 0.717) is 0 Å². The van der Waals surface area contributed by atoms with Crippen molar-refractivity contribution in [2.45, 2.75) is 13.5 Å². The van der Waals surface area contributed by atoms with Gasteiger partial charge >= 0.3 is 11.9 Å². The molecule has 7 heteroatoms. The number of carboxylic acids is 1. The second kappa shape index (κ2) is 5.06. The summed E-state index contributed by atoms with van der Waals surface area (Å²) in [5.41, 5.74) is -0.368. The number of esters is 1. The molecule has 1 N–H and O–H groups in total. The molecule has 0 aliphatic carbocycles. The van der Waals surface area contributed by atoms with Crippen LogP contribution in [0.5, 0.6) is 0 Å². The van der Waals surface area contributed by atoms with E-state index >= 15 is 0 Å². The van der Waals surface area contributed by atoms with E-state index in [1.165, 1.54) is 13.0 Å². The van der Waals surface area contributed by atoms with Gasteiger partial charge in [-0.25, -0.2) is 4.79 Å². The quantitative estimate of drug-likeness (QED) is 0.482. The molecule has 0 amide bonds. The molecule has 1 aromatic rings. The Balaban J connectivity index is 3.08. The number of carboxylic acid groups (broad SMARTS) is 1. The molecule has 0 radical (unpaired) electrons. The summed E-state index contributed by atoms with van der Waals surface area (Å²) in [6.07, 6.45) is 0.